The molecule has 19 heavy (non-hydrogen) atoms. The van der Waals surface area contributed by atoms with Crippen LogP contribution in [0, 0.1) is 11.8 Å². The third-order valence-electron chi connectivity index (χ3n) is 4.26. The zero-order valence-electron chi connectivity index (χ0n) is 11.0. The predicted molar refractivity (Wildman–Crippen MR) is 79.3 cm³/mol. The first-order valence-corrected chi connectivity index (χ1v) is 9.84. The average molecular weight is 299 g/mol. The summed E-state index contributed by atoms with van der Waals surface area (Å²) in [6, 6.07) is 2.86. The monoisotopic (exact) mass is 299 g/mol. The highest BCUT2D eigenvalue weighted by Crippen LogP contribution is 2.30. The fraction of sp³-hybridized carbons (Fsp3) is 0.714. The van der Waals surface area contributed by atoms with Gasteiger partial charge in [0, 0.05) is 6.04 Å². The zero-order chi connectivity index (χ0) is 13.3. The van der Waals surface area contributed by atoms with Crippen molar-refractivity contribution in [3.05, 3.63) is 22.4 Å². The van der Waals surface area contributed by atoms with Crippen molar-refractivity contribution in [2.24, 2.45) is 11.8 Å². The van der Waals surface area contributed by atoms with Crippen LogP contribution in [0.25, 0.3) is 0 Å². The van der Waals surface area contributed by atoms with E-state index in [1.807, 2.05) is 0 Å². The van der Waals surface area contributed by atoms with Gasteiger partial charge in [0.25, 0.3) is 0 Å². The number of rotatable bonds is 6. The highest BCUT2D eigenvalue weighted by molar-refractivity contribution is 7.91. The summed E-state index contributed by atoms with van der Waals surface area (Å²) in [7, 11) is -2.77. The quantitative estimate of drug-likeness (QED) is 0.875. The summed E-state index contributed by atoms with van der Waals surface area (Å²) in [5.41, 5.74) is 1.36. The molecular formula is C14H21NO2S2. The van der Waals surface area contributed by atoms with Crippen LogP contribution in [0.2, 0.25) is 0 Å². The van der Waals surface area contributed by atoms with E-state index in [0.717, 1.165) is 19.4 Å². The number of hydrogen-bond donors (Lipinski definition) is 1. The second kappa shape index (κ2) is 5.54. The van der Waals surface area contributed by atoms with Gasteiger partial charge in [0.2, 0.25) is 0 Å². The van der Waals surface area contributed by atoms with E-state index in [1.165, 1.54) is 18.4 Å². The second-order valence-corrected chi connectivity index (χ2v) is 8.95. The Hall–Kier alpha value is -0.390. The van der Waals surface area contributed by atoms with Crippen LogP contribution in [0.4, 0.5) is 0 Å². The lowest BCUT2D eigenvalue weighted by Crippen LogP contribution is -2.31. The molecule has 0 aromatic carbocycles. The van der Waals surface area contributed by atoms with Gasteiger partial charge in [-0.1, -0.05) is 0 Å². The Labute approximate surface area is 119 Å². The molecule has 0 spiro atoms. The van der Waals surface area contributed by atoms with Crippen LogP contribution in [0.5, 0.6) is 0 Å². The lowest BCUT2D eigenvalue weighted by Gasteiger charge is -2.22. The highest BCUT2D eigenvalue weighted by atomic mass is 32.2. The summed E-state index contributed by atoms with van der Waals surface area (Å²) in [5, 5.41) is 7.87. The van der Waals surface area contributed by atoms with Crippen molar-refractivity contribution in [3.8, 4) is 0 Å². The first-order valence-electron chi connectivity index (χ1n) is 7.07. The predicted octanol–water partition coefficient (Wildman–Crippen LogP) is 2.09. The van der Waals surface area contributed by atoms with E-state index in [0.29, 0.717) is 29.4 Å². The Morgan fingerprint density at radius 2 is 2.21 bits per heavy atom. The van der Waals surface area contributed by atoms with Crippen LogP contribution >= 0.6 is 11.3 Å². The molecule has 2 atom stereocenters. The van der Waals surface area contributed by atoms with Gasteiger partial charge < -0.3 is 5.32 Å². The molecule has 3 rings (SSSR count). The van der Waals surface area contributed by atoms with E-state index in [9.17, 15) is 8.42 Å². The van der Waals surface area contributed by atoms with Crippen LogP contribution < -0.4 is 5.32 Å². The number of thiophene rings is 1. The van der Waals surface area contributed by atoms with Gasteiger partial charge in [-0.2, -0.15) is 11.3 Å². The van der Waals surface area contributed by atoms with Crippen LogP contribution in [-0.4, -0.2) is 32.5 Å². The standard InChI is InChI=1S/C14H21NO2S2/c16-19(17)6-4-12(10-19)13(8-15-14-1-2-14)7-11-3-5-18-9-11/h3,5,9,12-15H,1-2,4,6-8,10H2. The van der Waals surface area contributed by atoms with Crippen LogP contribution in [0.15, 0.2) is 16.8 Å². The smallest absolute Gasteiger partial charge is 0.150 e. The molecule has 2 aliphatic rings. The largest absolute Gasteiger partial charge is 0.314 e. The maximum absolute atomic E-state index is 11.7. The van der Waals surface area contributed by atoms with E-state index in [2.05, 4.69) is 22.1 Å². The molecule has 1 N–H and O–H groups in total. The van der Waals surface area contributed by atoms with Crippen molar-refractivity contribution >= 4 is 21.2 Å². The molecule has 1 aromatic heterocycles. The Morgan fingerprint density at radius 3 is 2.79 bits per heavy atom. The summed E-state index contributed by atoms with van der Waals surface area (Å²) in [6.07, 6.45) is 4.44. The van der Waals surface area contributed by atoms with E-state index in [-0.39, 0.29) is 0 Å². The van der Waals surface area contributed by atoms with Crippen molar-refractivity contribution < 1.29 is 8.42 Å². The van der Waals surface area contributed by atoms with Crippen molar-refractivity contribution in [3.63, 3.8) is 0 Å². The maximum atomic E-state index is 11.7. The summed E-state index contributed by atoms with van der Waals surface area (Å²) < 4.78 is 23.4. The summed E-state index contributed by atoms with van der Waals surface area (Å²) in [6.45, 7) is 0.973. The molecule has 1 aromatic rings. The van der Waals surface area contributed by atoms with Crippen molar-refractivity contribution in [2.45, 2.75) is 31.7 Å². The SMILES string of the molecule is O=S1(=O)CCC(C(CNC2CC2)Cc2ccsc2)C1. The molecule has 0 bridgehead atoms. The van der Waals surface area contributed by atoms with Gasteiger partial charge >= 0.3 is 0 Å². The number of nitrogens with one attached hydrogen (secondary N) is 1. The molecule has 3 nitrogen and oxygen atoms in total. The van der Waals surface area contributed by atoms with Gasteiger partial charge in [-0.25, -0.2) is 8.42 Å². The van der Waals surface area contributed by atoms with Gasteiger partial charge in [0.15, 0.2) is 9.84 Å². The molecule has 2 fully saturated rings. The highest BCUT2D eigenvalue weighted by Gasteiger charge is 2.34. The van der Waals surface area contributed by atoms with Crippen LogP contribution in [0.3, 0.4) is 0 Å². The fourth-order valence-electron chi connectivity index (χ4n) is 2.92. The van der Waals surface area contributed by atoms with Crippen molar-refractivity contribution in [1.29, 1.82) is 0 Å². The first kappa shape index (κ1) is 13.6. The Bertz CT molecular complexity index is 506. The molecule has 1 saturated heterocycles. The van der Waals surface area contributed by atoms with Gasteiger partial charge in [0.1, 0.15) is 0 Å². The van der Waals surface area contributed by atoms with Gasteiger partial charge in [-0.15, -0.1) is 0 Å². The molecule has 0 radical (unpaired) electrons. The maximum Gasteiger partial charge on any atom is 0.150 e. The molecule has 1 aliphatic heterocycles. The summed E-state index contributed by atoms with van der Waals surface area (Å²) in [4.78, 5) is 0. The minimum absolute atomic E-state index is 0.344. The van der Waals surface area contributed by atoms with E-state index < -0.39 is 9.84 Å². The zero-order valence-corrected chi connectivity index (χ0v) is 12.7. The first-order chi connectivity index (χ1) is 9.12. The van der Waals surface area contributed by atoms with E-state index in [4.69, 9.17) is 0 Å². The summed E-state index contributed by atoms with van der Waals surface area (Å²) >= 11 is 1.72. The Kier molecular flexibility index (Phi) is 3.96. The number of hydrogen-bond acceptors (Lipinski definition) is 4. The molecule has 2 unspecified atom stereocenters. The molecule has 2 heterocycles. The molecule has 0 amide bonds. The summed E-state index contributed by atoms with van der Waals surface area (Å²) in [5.74, 6) is 1.60. The fourth-order valence-corrected chi connectivity index (χ4v) is 5.52. The normalized spacial score (nSPS) is 27.5. The van der Waals surface area contributed by atoms with E-state index in [1.54, 1.807) is 11.3 Å². The lowest BCUT2D eigenvalue weighted by molar-refractivity contribution is 0.342. The molecule has 106 valence electrons. The topological polar surface area (TPSA) is 46.2 Å². The third kappa shape index (κ3) is 3.80. The second-order valence-electron chi connectivity index (χ2n) is 5.94. The Balaban J connectivity index is 1.64. The van der Waals surface area contributed by atoms with Crippen molar-refractivity contribution in [1.82, 2.24) is 5.32 Å². The lowest BCUT2D eigenvalue weighted by atomic mass is 9.87. The molecule has 5 heteroatoms. The van der Waals surface area contributed by atoms with Crippen molar-refractivity contribution in [2.75, 3.05) is 18.1 Å². The number of sulfone groups is 1. The van der Waals surface area contributed by atoms with Gasteiger partial charge in [0.05, 0.1) is 11.5 Å². The van der Waals surface area contributed by atoms with Gasteiger partial charge in [-0.05, 0) is 66.5 Å². The third-order valence-corrected chi connectivity index (χ3v) is 6.78. The van der Waals surface area contributed by atoms with Crippen LogP contribution in [-0.2, 0) is 16.3 Å². The molecule has 1 aliphatic carbocycles. The van der Waals surface area contributed by atoms with Crippen LogP contribution in [0.1, 0.15) is 24.8 Å². The average Bonchev–Trinajstić information content (AvgIpc) is 2.91. The van der Waals surface area contributed by atoms with E-state index >= 15 is 0 Å². The Morgan fingerprint density at radius 1 is 1.37 bits per heavy atom. The van der Waals surface area contributed by atoms with Gasteiger partial charge in [-0.3, -0.25) is 0 Å². The minimum Gasteiger partial charge on any atom is -0.314 e. The minimum atomic E-state index is -2.77. The molecule has 1 saturated carbocycles. The molecular weight excluding hydrogens is 278 g/mol.